The second-order valence-corrected chi connectivity index (χ2v) is 5.19. The van der Waals surface area contributed by atoms with Crippen LogP contribution in [0.2, 0.25) is 0 Å². The summed E-state index contributed by atoms with van der Waals surface area (Å²) in [5, 5.41) is 0. The predicted octanol–water partition coefficient (Wildman–Crippen LogP) is 2.42. The van der Waals surface area contributed by atoms with Gasteiger partial charge in [0.2, 0.25) is 0 Å². The number of hydrogen-bond donors (Lipinski definition) is 0. The molecule has 0 atom stereocenters. The van der Waals surface area contributed by atoms with Gasteiger partial charge in [0.05, 0.1) is 18.2 Å². The Balaban J connectivity index is 2.33. The second kappa shape index (κ2) is 4.59. The molecule has 0 saturated heterocycles. The third kappa shape index (κ3) is 1.96. The molecule has 3 rings (SSSR count). The Labute approximate surface area is 114 Å². The van der Waals surface area contributed by atoms with Crippen LogP contribution in [0.3, 0.4) is 0 Å². The van der Waals surface area contributed by atoms with Crippen molar-refractivity contribution >= 4 is 17.3 Å². The lowest BCUT2D eigenvalue weighted by molar-refractivity contribution is 0.850. The number of imidazole rings is 1. The number of fused-ring (bicyclic) bond motifs is 1. The molecule has 0 aliphatic carbocycles. The zero-order valence-corrected chi connectivity index (χ0v) is 11.5. The SMILES string of the molecule is CSc1cccc(-c2cn(C)c(=O)c3cncn23)c1. The van der Waals surface area contributed by atoms with E-state index in [9.17, 15) is 4.79 Å². The largest absolute Gasteiger partial charge is 0.315 e. The van der Waals surface area contributed by atoms with Gasteiger partial charge in [-0.25, -0.2) is 4.98 Å². The molecule has 0 spiro atoms. The van der Waals surface area contributed by atoms with Crippen molar-refractivity contribution in [2.45, 2.75) is 4.90 Å². The van der Waals surface area contributed by atoms with Crippen molar-refractivity contribution in [2.75, 3.05) is 6.26 Å². The van der Waals surface area contributed by atoms with E-state index < -0.39 is 0 Å². The van der Waals surface area contributed by atoms with Crippen LogP contribution >= 0.6 is 11.8 Å². The van der Waals surface area contributed by atoms with Crippen LogP contribution in [0, 0.1) is 0 Å². The first-order valence-electron chi connectivity index (χ1n) is 5.87. The second-order valence-electron chi connectivity index (χ2n) is 4.31. The van der Waals surface area contributed by atoms with Crippen molar-refractivity contribution in [3.63, 3.8) is 0 Å². The number of thioether (sulfide) groups is 1. The van der Waals surface area contributed by atoms with Crippen LogP contribution in [0.25, 0.3) is 16.8 Å². The highest BCUT2D eigenvalue weighted by atomic mass is 32.2. The van der Waals surface area contributed by atoms with E-state index in [1.165, 1.54) is 4.90 Å². The van der Waals surface area contributed by atoms with E-state index in [1.807, 2.05) is 29.0 Å². The van der Waals surface area contributed by atoms with E-state index in [1.54, 1.807) is 35.9 Å². The monoisotopic (exact) mass is 271 g/mol. The third-order valence-electron chi connectivity index (χ3n) is 3.12. The molecule has 1 aromatic carbocycles. The number of nitrogens with zero attached hydrogens (tertiary/aromatic N) is 3. The van der Waals surface area contributed by atoms with Gasteiger partial charge in [0, 0.05) is 23.7 Å². The van der Waals surface area contributed by atoms with Crippen LogP contribution in [-0.2, 0) is 7.05 Å². The predicted molar refractivity (Wildman–Crippen MR) is 77.7 cm³/mol. The number of hydrogen-bond acceptors (Lipinski definition) is 3. The minimum absolute atomic E-state index is 0.0396. The topological polar surface area (TPSA) is 39.3 Å². The summed E-state index contributed by atoms with van der Waals surface area (Å²) in [5.41, 5.74) is 2.59. The van der Waals surface area contributed by atoms with E-state index in [0.29, 0.717) is 5.52 Å². The summed E-state index contributed by atoms with van der Waals surface area (Å²) < 4.78 is 3.43. The molecule has 0 saturated carbocycles. The fraction of sp³-hybridized carbons (Fsp3) is 0.143. The molecule has 96 valence electrons. The molecule has 0 fully saturated rings. The number of aromatic nitrogens is 3. The molecular weight excluding hydrogens is 258 g/mol. The standard InChI is InChI=1S/C14H13N3OS/c1-16-8-13(10-4-3-5-11(6-10)19-2)17-9-15-7-12(17)14(16)18/h3-9H,1-2H3. The van der Waals surface area contributed by atoms with Crippen LogP contribution < -0.4 is 5.56 Å². The number of benzene rings is 1. The van der Waals surface area contributed by atoms with Gasteiger partial charge in [0.25, 0.3) is 5.56 Å². The van der Waals surface area contributed by atoms with Gasteiger partial charge in [-0.15, -0.1) is 11.8 Å². The normalized spacial score (nSPS) is 11.1. The molecule has 0 unspecified atom stereocenters. The van der Waals surface area contributed by atoms with Crippen LogP contribution in [-0.4, -0.2) is 20.2 Å². The highest BCUT2D eigenvalue weighted by molar-refractivity contribution is 7.98. The number of rotatable bonds is 2. The summed E-state index contributed by atoms with van der Waals surface area (Å²) in [4.78, 5) is 17.3. The van der Waals surface area contributed by atoms with Gasteiger partial charge >= 0.3 is 0 Å². The molecule has 0 radical (unpaired) electrons. The Kier molecular flexibility index (Phi) is 2.91. The van der Waals surface area contributed by atoms with Crippen molar-refractivity contribution in [3.8, 4) is 11.3 Å². The lowest BCUT2D eigenvalue weighted by Gasteiger charge is -2.09. The molecule has 4 nitrogen and oxygen atoms in total. The quantitative estimate of drug-likeness (QED) is 0.672. The molecule has 0 aliphatic rings. The van der Waals surface area contributed by atoms with Crippen LogP contribution in [0.1, 0.15) is 0 Å². The molecule has 0 aliphatic heterocycles. The minimum atomic E-state index is -0.0396. The van der Waals surface area contributed by atoms with E-state index in [-0.39, 0.29) is 5.56 Å². The molecule has 5 heteroatoms. The van der Waals surface area contributed by atoms with Gasteiger partial charge < -0.3 is 4.57 Å². The van der Waals surface area contributed by atoms with Gasteiger partial charge in [-0.2, -0.15) is 0 Å². The maximum absolute atomic E-state index is 12.0. The van der Waals surface area contributed by atoms with Crippen molar-refractivity contribution in [1.82, 2.24) is 14.0 Å². The van der Waals surface area contributed by atoms with Crippen molar-refractivity contribution < 1.29 is 0 Å². The van der Waals surface area contributed by atoms with Gasteiger partial charge in [-0.1, -0.05) is 12.1 Å². The number of aryl methyl sites for hydroxylation is 1. The highest BCUT2D eigenvalue weighted by Gasteiger charge is 2.09. The fourth-order valence-corrected chi connectivity index (χ4v) is 2.59. The summed E-state index contributed by atoms with van der Waals surface area (Å²) in [5.74, 6) is 0. The lowest BCUT2D eigenvalue weighted by Crippen LogP contribution is -2.18. The average molecular weight is 271 g/mol. The summed E-state index contributed by atoms with van der Waals surface area (Å²) >= 11 is 1.70. The van der Waals surface area contributed by atoms with Gasteiger partial charge in [0.1, 0.15) is 5.52 Å². The molecule has 2 aromatic heterocycles. The first-order valence-corrected chi connectivity index (χ1v) is 7.09. The zero-order valence-electron chi connectivity index (χ0n) is 10.7. The maximum Gasteiger partial charge on any atom is 0.276 e. The van der Waals surface area contributed by atoms with Crippen molar-refractivity contribution in [2.24, 2.45) is 7.05 Å². The molecular formula is C14H13N3OS. The molecule has 0 amide bonds. The summed E-state index contributed by atoms with van der Waals surface area (Å²) in [6, 6.07) is 8.25. The first kappa shape index (κ1) is 12.0. The smallest absolute Gasteiger partial charge is 0.276 e. The lowest BCUT2D eigenvalue weighted by atomic mass is 10.1. The van der Waals surface area contributed by atoms with E-state index in [0.717, 1.165) is 11.3 Å². The van der Waals surface area contributed by atoms with Crippen molar-refractivity contribution in [3.05, 3.63) is 53.3 Å². The minimum Gasteiger partial charge on any atom is -0.315 e. The molecule has 3 aromatic rings. The Morgan fingerprint density at radius 3 is 2.95 bits per heavy atom. The van der Waals surface area contributed by atoms with E-state index in [2.05, 4.69) is 17.1 Å². The third-order valence-corrected chi connectivity index (χ3v) is 3.84. The maximum atomic E-state index is 12.0. The Morgan fingerprint density at radius 1 is 1.32 bits per heavy atom. The Bertz CT molecular complexity index is 804. The van der Waals surface area contributed by atoms with Crippen LogP contribution in [0.4, 0.5) is 0 Å². The summed E-state index contributed by atoms with van der Waals surface area (Å²) in [6.45, 7) is 0. The molecule has 0 N–H and O–H groups in total. The van der Waals surface area contributed by atoms with Crippen LogP contribution in [0.5, 0.6) is 0 Å². The fourth-order valence-electron chi connectivity index (χ4n) is 2.13. The van der Waals surface area contributed by atoms with E-state index in [4.69, 9.17) is 0 Å². The van der Waals surface area contributed by atoms with Gasteiger partial charge in [-0.05, 0) is 18.4 Å². The Morgan fingerprint density at radius 2 is 2.16 bits per heavy atom. The average Bonchev–Trinajstić information content (AvgIpc) is 2.92. The van der Waals surface area contributed by atoms with Crippen molar-refractivity contribution in [1.29, 1.82) is 0 Å². The highest BCUT2D eigenvalue weighted by Crippen LogP contribution is 2.24. The van der Waals surface area contributed by atoms with Gasteiger partial charge in [-0.3, -0.25) is 9.20 Å². The molecule has 0 bridgehead atoms. The Hall–Kier alpha value is -2.01. The first-order chi connectivity index (χ1) is 9.20. The van der Waals surface area contributed by atoms with Gasteiger partial charge in [0.15, 0.2) is 0 Å². The van der Waals surface area contributed by atoms with Crippen LogP contribution in [0.15, 0.2) is 52.7 Å². The van der Waals surface area contributed by atoms with E-state index >= 15 is 0 Å². The molecule has 19 heavy (non-hydrogen) atoms. The molecule has 2 heterocycles. The summed E-state index contributed by atoms with van der Waals surface area (Å²) in [7, 11) is 1.76. The summed E-state index contributed by atoms with van der Waals surface area (Å²) in [6.07, 6.45) is 7.17. The zero-order chi connectivity index (χ0) is 13.4.